The lowest BCUT2D eigenvalue weighted by atomic mass is 10.2. The van der Waals surface area contributed by atoms with Gasteiger partial charge in [-0.2, -0.15) is 0 Å². The first-order valence-electron chi connectivity index (χ1n) is 7.23. The first kappa shape index (κ1) is 15.5. The number of hydrogen-bond donors (Lipinski definition) is 2. The van der Waals surface area contributed by atoms with Crippen molar-refractivity contribution in [1.82, 2.24) is 14.6 Å². The van der Waals surface area contributed by atoms with Gasteiger partial charge in [0, 0.05) is 31.5 Å². The van der Waals surface area contributed by atoms with Gasteiger partial charge in [-0.1, -0.05) is 13.8 Å². The van der Waals surface area contributed by atoms with Gasteiger partial charge in [-0.15, -0.1) is 0 Å². The SMILES string of the molecule is CCCn1cc(S(=O)(=O)NCC2(C)CC2)cc1CNC. The molecule has 2 rings (SSSR count). The van der Waals surface area contributed by atoms with Crippen LogP contribution in [-0.2, 0) is 23.1 Å². The van der Waals surface area contributed by atoms with Crippen LogP contribution in [0.25, 0.3) is 0 Å². The van der Waals surface area contributed by atoms with E-state index in [1.807, 2.05) is 11.6 Å². The molecule has 0 bridgehead atoms. The Balaban J connectivity index is 2.15. The minimum atomic E-state index is -3.39. The molecule has 2 N–H and O–H groups in total. The quantitative estimate of drug-likeness (QED) is 0.768. The van der Waals surface area contributed by atoms with Crippen LogP contribution in [0.2, 0.25) is 0 Å². The van der Waals surface area contributed by atoms with E-state index in [2.05, 4.69) is 23.9 Å². The number of nitrogens with one attached hydrogen (secondary N) is 2. The third-order valence-electron chi connectivity index (χ3n) is 3.89. The first-order chi connectivity index (χ1) is 9.40. The Morgan fingerprint density at radius 2 is 2.10 bits per heavy atom. The highest BCUT2D eigenvalue weighted by atomic mass is 32.2. The van der Waals surface area contributed by atoms with Gasteiger partial charge in [-0.25, -0.2) is 13.1 Å². The topological polar surface area (TPSA) is 63.1 Å². The summed E-state index contributed by atoms with van der Waals surface area (Å²) < 4.78 is 29.4. The predicted octanol–water partition coefficient (Wildman–Crippen LogP) is 1.70. The average molecular weight is 299 g/mol. The number of aryl methyl sites for hydroxylation is 1. The maximum atomic E-state index is 12.3. The van der Waals surface area contributed by atoms with Gasteiger partial charge in [0.25, 0.3) is 0 Å². The van der Waals surface area contributed by atoms with Crippen molar-refractivity contribution in [2.45, 2.75) is 51.1 Å². The Kier molecular flexibility index (Phi) is 4.56. The smallest absolute Gasteiger partial charge is 0.242 e. The Morgan fingerprint density at radius 3 is 2.65 bits per heavy atom. The molecular weight excluding hydrogens is 274 g/mol. The van der Waals surface area contributed by atoms with Gasteiger partial charge in [0.2, 0.25) is 10.0 Å². The second-order valence-corrected chi connectivity index (χ2v) is 7.79. The predicted molar refractivity (Wildman–Crippen MR) is 80.0 cm³/mol. The molecule has 114 valence electrons. The second-order valence-electron chi connectivity index (χ2n) is 6.03. The van der Waals surface area contributed by atoms with Gasteiger partial charge >= 0.3 is 0 Å². The van der Waals surface area contributed by atoms with Crippen LogP contribution in [0.1, 0.15) is 38.8 Å². The van der Waals surface area contributed by atoms with Crippen LogP contribution in [0, 0.1) is 5.41 Å². The minimum absolute atomic E-state index is 0.173. The van der Waals surface area contributed by atoms with E-state index in [1.165, 1.54) is 0 Å². The van der Waals surface area contributed by atoms with Crippen molar-refractivity contribution in [3.63, 3.8) is 0 Å². The van der Waals surface area contributed by atoms with Gasteiger partial charge < -0.3 is 9.88 Å². The fourth-order valence-electron chi connectivity index (χ4n) is 2.19. The van der Waals surface area contributed by atoms with Crippen LogP contribution >= 0.6 is 0 Å². The Morgan fingerprint density at radius 1 is 1.40 bits per heavy atom. The second kappa shape index (κ2) is 5.87. The van der Waals surface area contributed by atoms with Crippen molar-refractivity contribution >= 4 is 10.0 Å². The van der Waals surface area contributed by atoms with Crippen LogP contribution < -0.4 is 10.0 Å². The van der Waals surface area contributed by atoms with E-state index in [4.69, 9.17) is 0 Å². The van der Waals surface area contributed by atoms with Crippen LogP contribution in [0.15, 0.2) is 17.2 Å². The molecule has 6 heteroatoms. The summed E-state index contributed by atoms with van der Waals surface area (Å²) in [6.07, 6.45) is 4.94. The maximum Gasteiger partial charge on any atom is 0.242 e. The molecule has 1 heterocycles. The van der Waals surface area contributed by atoms with Crippen LogP contribution in [0.4, 0.5) is 0 Å². The van der Waals surface area contributed by atoms with Crippen molar-refractivity contribution in [3.05, 3.63) is 18.0 Å². The van der Waals surface area contributed by atoms with E-state index in [0.29, 0.717) is 18.0 Å². The summed E-state index contributed by atoms with van der Waals surface area (Å²) in [6, 6.07) is 1.77. The Hall–Kier alpha value is -0.850. The molecule has 1 saturated carbocycles. The molecule has 0 spiro atoms. The highest BCUT2D eigenvalue weighted by Crippen LogP contribution is 2.44. The first-order valence-corrected chi connectivity index (χ1v) is 8.72. The summed E-state index contributed by atoms with van der Waals surface area (Å²) in [7, 11) is -1.53. The van der Waals surface area contributed by atoms with Crippen LogP contribution in [0.5, 0.6) is 0 Å². The maximum absolute atomic E-state index is 12.3. The molecule has 0 unspecified atom stereocenters. The summed E-state index contributed by atoms with van der Waals surface area (Å²) in [5.74, 6) is 0. The number of rotatable bonds is 8. The highest BCUT2D eigenvalue weighted by molar-refractivity contribution is 7.89. The highest BCUT2D eigenvalue weighted by Gasteiger charge is 2.38. The minimum Gasteiger partial charge on any atom is -0.349 e. The van der Waals surface area contributed by atoms with Gasteiger partial charge in [0.1, 0.15) is 0 Å². The van der Waals surface area contributed by atoms with Crippen molar-refractivity contribution < 1.29 is 8.42 Å². The molecule has 1 aliphatic carbocycles. The molecule has 5 nitrogen and oxygen atoms in total. The average Bonchev–Trinajstić information content (AvgIpc) is 2.99. The zero-order valence-corrected chi connectivity index (χ0v) is 13.4. The summed E-state index contributed by atoms with van der Waals surface area (Å²) in [5.41, 5.74) is 1.18. The van der Waals surface area contributed by atoms with E-state index in [-0.39, 0.29) is 5.41 Å². The lowest BCUT2D eigenvalue weighted by molar-refractivity contribution is 0.530. The molecule has 0 aromatic carbocycles. The molecule has 20 heavy (non-hydrogen) atoms. The van der Waals surface area contributed by atoms with E-state index < -0.39 is 10.0 Å². The monoisotopic (exact) mass is 299 g/mol. The van der Waals surface area contributed by atoms with Gasteiger partial charge in [-0.05, 0) is 37.8 Å². The van der Waals surface area contributed by atoms with E-state index in [9.17, 15) is 8.42 Å². The molecule has 0 aliphatic heterocycles. The molecule has 1 aromatic rings. The normalized spacial score (nSPS) is 17.4. The molecular formula is C14H25N3O2S. The molecule has 1 fully saturated rings. The largest absolute Gasteiger partial charge is 0.349 e. The van der Waals surface area contributed by atoms with Gasteiger partial charge in [0.15, 0.2) is 0 Å². The number of hydrogen-bond acceptors (Lipinski definition) is 3. The standard InChI is InChI=1S/C14H25N3O2S/c1-4-7-17-10-13(8-12(17)9-15-3)20(18,19)16-11-14(2)5-6-14/h8,10,15-16H,4-7,9,11H2,1-3H3. The molecule has 0 atom stereocenters. The fourth-order valence-corrected chi connectivity index (χ4v) is 3.46. The third-order valence-corrected chi connectivity index (χ3v) is 5.25. The van der Waals surface area contributed by atoms with Crippen molar-refractivity contribution in [2.24, 2.45) is 5.41 Å². The third kappa shape index (κ3) is 3.62. The summed E-state index contributed by atoms with van der Waals surface area (Å²) in [6.45, 7) is 6.25. The Labute approximate surface area is 121 Å². The van der Waals surface area contributed by atoms with Crippen molar-refractivity contribution in [2.75, 3.05) is 13.6 Å². The van der Waals surface area contributed by atoms with Crippen LogP contribution in [-0.4, -0.2) is 26.6 Å². The zero-order valence-electron chi connectivity index (χ0n) is 12.6. The van der Waals surface area contributed by atoms with Crippen molar-refractivity contribution in [1.29, 1.82) is 0 Å². The van der Waals surface area contributed by atoms with E-state index in [0.717, 1.165) is 31.5 Å². The van der Waals surface area contributed by atoms with Gasteiger partial charge in [-0.3, -0.25) is 0 Å². The Bertz CT molecular complexity index is 535. The van der Waals surface area contributed by atoms with Gasteiger partial charge in [0.05, 0.1) is 4.90 Å². The number of sulfonamides is 1. The number of aromatic nitrogens is 1. The number of nitrogens with zero attached hydrogens (tertiary/aromatic N) is 1. The summed E-state index contributed by atoms with van der Waals surface area (Å²) in [5, 5.41) is 3.08. The molecule has 0 radical (unpaired) electrons. The lowest BCUT2D eigenvalue weighted by Gasteiger charge is -2.09. The molecule has 1 aromatic heterocycles. The lowest BCUT2D eigenvalue weighted by Crippen LogP contribution is -2.28. The molecule has 0 amide bonds. The summed E-state index contributed by atoms with van der Waals surface area (Å²) >= 11 is 0. The summed E-state index contributed by atoms with van der Waals surface area (Å²) in [4.78, 5) is 0.375. The van der Waals surface area contributed by atoms with Crippen LogP contribution in [0.3, 0.4) is 0 Å². The molecule has 1 aliphatic rings. The van der Waals surface area contributed by atoms with E-state index >= 15 is 0 Å². The van der Waals surface area contributed by atoms with E-state index in [1.54, 1.807) is 12.3 Å². The fraction of sp³-hybridized carbons (Fsp3) is 0.714. The zero-order chi connectivity index (χ0) is 14.8. The van der Waals surface area contributed by atoms with Crippen molar-refractivity contribution in [3.8, 4) is 0 Å². The molecule has 0 saturated heterocycles.